The van der Waals surface area contributed by atoms with Crippen molar-refractivity contribution in [3.8, 4) is 11.5 Å². The fourth-order valence-electron chi connectivity index (χ4n) is 4.06. The highest BCUT2D eigenvalue weighted by Crippen LogP contribution is 2.33. The second kappa shape index (κ2) is 8.32. The van der Waals surface area contributed by atoms with Gasteiger partial charge in [0.1, 0.15) is 16.4 Å². The number of hydrogen-bond acceptors (Lipinski definition) is 6. The summed E-state index contributed by atoms with van der Waals surface area (Å²) >= 11 is 0. The van der Waals surface area contributed by atoms with E-state index in [0.717, 1.165) is 5.56 Å². The van der Waals surface area contributed by atoms with Crippen molar-refractivity contribution < 1.29 is 17.9 Å². The second-order valence-corrected chi connectivity index (χ2v) is 9.49. The van der Waals surface area contributed by atoms with Gasteiger partial charge in [-0.2, -0.15) is 4.31 Å². The van der Waals surface area contributed by atoms with Crippen LogP contribution in [0.15, 0.2) is 52.4 Å². The van der Waals surface area contributed by atoms with Gasteiger partial charge < -0.3 is 9.47 Å². The number of nitrogens with zero attached hydrogens (tertiary/aromatic N) is 3. The van der Waals surface area contributed by atoms with Crippen LogP contribution >= 0.6 is 0 Å². The van der Waals surface area contributed by atoms with E-state index >= 15 is 0 Å². The fraction of sp³-hybridized carbons (Fsp3) is 0.364. The highest BCUT2D eigenvalue weighted by molar-refractivity contribution is 7.89. The molecule has 0 atom stereocenters. The van der Waals surface area contributed by atoms with Gasteiger partial charge >= 0.3 is 0 Å². The molecular formula is C22H25N3O5S. The Morgan fingerprint density at radius 2 is 1.81 bits per heavy atom. The van der Waals surface area contributed by atoms with Crippen LogP contribution in [0.4, 0.5) is 0 Å². The van der Waals surface area contributed by atoms with Crippen LogP contribution in [-0.4, -0.2) is 49.6 Å². The molecule has 8 nitrogen and oxygen atoms in total. The lowest BCUT2D eigenvalue weighted by atomic mass is 10.1. The molecule has 164 valence electrons. The largest absolute Gasteiger partial charge is 0.497 e. The number of sulfonamides is 1. The summed E-state index contributed by atoms with van der Waals surface area (Å²) in [6.07, 6.45) is 2.62. The van der Waals surface area contributed by atoms with Crippen LogP contribution in [-0.2, 0) is 10.0 Å². The van der Waals surface area contributed by atoms with Crippen LogP contribution in [0.5, 0.6) is 11.5 Å². The minimum absolute atomic E-state index is 0.0767. The van der Waals surface area contributed by atoms with Crippen molar-refractivity contribution in [2.75, 3.05) is 27.3 Å². The number of aryl methyl sites for hydroxylation is 1. The first-order valence-electron chi connectivity index (χ1n) is 10.1. The van der Waals surface area contributed by atoms with Gasteiger partial charge in [-0.15, -0.1) is 0 Å². The molecule has 1 aliphatic rings. The summed E-state index contributed by atoms with van der Waals surface area (Å²) in [6, 6.07) is 10.2. The first kappa shape index (κ1) is 21.3. The van der Waals surface area contributed by atoms with E-state index in [1.54, 1.807) is 29.1 Å². The molecule has 0 aliphatic carbocycles. The molecule has 0 saturated carbocycles. The summed E-state index contributed by atoms with van der Waals surface area (Å²) in [6.45, 7) is 2.52. The summed E-state index contributed by atoms with van der Waals surface area (Å²) in [7, 11) is -0.843. The molecule has 0 unspecified atom stereocenters. The molecule has 1 saturated heterocycles. The van der Waals surface area contributed by atoms with Crippen LogP contribution in [0.1, 0.15) is 24.4 Å². The Balaban J connectivity index is 1.59. The van der Waals surface area contributed by atoms with Gasteiger partial charge in [0.25, 0.3) is 5.56 Å². The van der Waals surface area contributed by atoms with Crippen LogP contribution in [0.25, 0.3) is 10.9 Å². The van der Waals surface area contributed by atoms with Gasteiger partial charge in [-0.3, -0.25) is 9.36 Å². The molecule has 2 heterocycles. The van der Waals surface area contributed by atoms with Gasteiger partial charge in [-0.25, -0.2) is 13.4 Å². The Morgan fingerprint density at radius 3 is 2.48 bits per heavy atom. The lowest BCUT2D eigenvalue weighted by Crippen LogP contribution is -2.41. The number of hydrogen-bond donors (Lipinski definition) is 0. The van der Waals surface area contributed by atoms with Crippen molar-refractivity contribution in [3.63, 3.8) is 0 Å². The minimum atomic E-state index is -3.77. The van der Waals surface area contributed by atoms with E-state index in [1.165, 1.54) is 24.6 Å². The van der Waals surface area contributed by atoms with Crippen molar-refractivity contribution in [3.05, 3.63) is 58.6 Å². The normalized spacial score (nSPS) is 15.8. The van der Waals surface area contributed by atoms with Gasteiger partial charge in [0, 0.05) is 25.2 Å². The number of aromatic nitrogens is 2. The number of piperidine rings is 1. The van der Waals surface area contributed by atoms with Crippen LogP contribution in [0.3, 0.4) is 0 Å². The average molecular weight is 444 g/mol. The lowest BCUT2D eigenvalue weighted by molar-refractivity contribution is 0.268. The zero-order chi connectivity index (χ0) is 22.2. The number of benzene rings is 2. The molecule has 4 rings (SSSR count). The molecule has 0 bridgehead atoms. The van der Waals surface area contributed by atoms with E-state index in [2.05, 4.69) is 4.98 Å². The SMILES string of the molecule is COc1ccc(OC)c(S(=O)(=O)N2CCC(n3cnc4c(C)cccc4c3=O)CC2)c1. The zero-order valence-corrected chi connectivity index (χ0v) is 18.6. The van der Waals surface area contributed by atoms with Gasteiger partial charge in [0.15, 0.2) is 0 Å². The summed E-state index contributed by atoms with van der Waals surface area (Å²) in [5, 5.41) is 0.582. The monoisotopic (exact) mass is 443 g/mol. The molecule has 0 amide bonds. The van der Waals surface area contributed by atoms with E-state index in [9.17, 15) is 13.2 Å². The predicted molar refractivity (Wildman–Crippen MR) is 117 cm³/mol. The second-order valence-electron chi connectivity index (χ2n) is 7.58. The van der Waals surface area contributed by atoms with Gasteiger partial charge in [0.05, 0.1) is 31.4 Å². The molecular weight excluding hydrogens is 418 g/mol. The quantitative estimate of drug-likeness (QED) is 0.602. The Bertz CT molecular complexity index is 1280. The molecule has 0 spiro atoms. The molecule has 1 aliphatic heterocycles. The maximum atomic E-state index is 13.3. The zero-order valence-electron chi connectivity index (χ0n) is 17.7. The van der Waals surface area contributed by atoms with Gasteiger partial charge in [0.2, 0.25) is 10.0 Å². The van der Waals surface area contributed by atoms with E-state index in [-0.39, 0.29) is 22.2 Å². The van der Waals surface area contributed by atoms with Crippen molar-refractivity contribution in [1.82, 2.24) is 13.9 Å². The van der Waals surface area contributed by atoms with E-state index in [1.807, 2.05) is 19.1 Å². The van der Waals surface area contributed by atoms with Crippen molar-refractivity contribution in [2.24, 2.45) is 0 Å². The van der Waals surface area contributed by atoms with Crippen LogP contribution in [0.2, 0.25) is 0 Å². The first-order valence-corrected chi connectivity index (χ1v) is 11.5. The highest BCUT2D eigenvalue weighted by atomic mass is 32.2. The lowest BCUT2D eigenvalue weighted by Gasteiger charge is -2.32. The molecule has 9 heteroatoms. The predicted octanol–water partition coefficient (Wildman–Crippen LogP) is 2.75. The number of fused-ring (bicyclic) bond motifs is 1. The molecule has 0 N–H and O–H groups in total. The Labute approximate surface area is 181 Å². The third kappa shape index (κ3) is 3.79. The Morgan fingerprint density at radius 1 is 1.06 bits per heavy atom. The summed E-state index contributed by atoms with van der Waals surface area (Å²) in [5.41, 5.74) is 1.56. The van der Waals surface area contributed by atoms with Crippen molar-refractivity contribution in [2.45, 2.75) is 30.7 Å². The fourth-order valence-corrected chi connectivity index (χ4v) is 5.70. The van der Waals surface area contributed by atoms with Crippen molar-refractivity contribution >= 4 is 20.9 Å². The molecule has 2 aromatic carbocycles. The summed E-state index contributed by atoms with van der Waals surface area (Å²) in [4.78, 5) is 17.5. The molecule has 31 heavy (non-hydrogen) atoms. The van der Waals surface area contributed by atoms with Crippen LogP contribution in [0, 0.1) is 6.92 Å². The average Bonchev–Trinajstić information content (AvgIpc) is 2.79. The number of methoxy groups -OCH3 is 2. The minimum Gasteiger partial charge on any atom is -0.497 e. The number of rotatable bonds is 5. The topological polar surface area (TPSA) is 90.7 Å². The highest BCUT2D eigenvalue weighted by Gasteiger charge is 2.33. The van der Waals surface area contributed by atoms with Crippen LogP contribution < -0.4 is 15.0 Å². The molecule has 3 aromatic rings. The summed E-state index contributed by atoms with van der Waals surface area (Å²) < 4.78 is 40.1. The Hall–Kier alpha value is -2.91. The summed E-state index contributed by atoms with van der Waals surface area (Å²) in [5.74, 6) is 0.714. The third-order valence-corrected chi connectivity index (χ3v) is 7.74. The number of ether oxygens (including phenoxy) is 2. The van der Waals surface area contributed by atoms with Gasteiger partial charge in [-0.1, -0.05) is 12.1 Å². The van der Waals surface area contributed by atoms with E-state index < -0.39 is 10.0 Å². The molecule has 1 aromatic heterocycles. The smallest absolute Gasteiger partial charge is 0.261 e. The maximum absolute atomic E-state index is 13.3. The van der Waals surface area contributed by atoms with Gasteiger partial charge in [-0.05, 0) is 43.5 Å². The third-order valence-electron chi connectivity index (χ3n) is 5.82. The van der Waals surface area contributed by atoms with E-state index in [0.29, 0.717) is 42.6 Å². The molecule has 1 fully saturated rings. The maximum Gasteiger partial charge on any atom is 0.261 e. The van der Waals surface area contributed by atoms with Crippen molar-refractivity contribution in [1.29, 1.82) is 0 Å². The number of para-hydroxylation sites is 1. The Kier molecular flexibility index (Phi) is 5.72. The molecule has 0 radical (unpaired) electrons. The first-order chi connectivity index (χ1) is 14.9. The van der Waals surface area contributed by atoms with E-state index in [4.69, 9.17) is 9.47 Å². The standard InChI is InChI=1S/C22H25N3O5S/c1-15-5-4-6-18-21(15)23-14-25(22(18)26)16-9-11-24(12-10-16)31(27,28)20-13-17(29-2)7-8-19(20)30-3/h4-8,13-14,16H,9-12H2,1-3H3.